The standard InChI is InChI=1S/C15H11ClN2O2S/c16-13-4-2-1-3-12(13)15-18-17-14(20-15)9-21-11-7-5-10(19)6-8-11/h1-8,19H,9H2. The van der Waals surface area contributed by atoms with E-state index in [0.717, 1.165) is 10.5 Å². The minimum absolute atomic E-state index is 0.248. The fraction of sp³-hybridized carbons (Fsp3) is 0.0667. The van der Waals surface area contributed by atoms with Gasteiger partial charge in [0.15, 0.2) is 0 Å². The van der Waals surface area contributed by atoms with E-state index in [1.807, 2.05) is 30.3 Å². The largest absolute Gasteiger partial charge is 0.508 e. The Labute approximate surface area is 130 Å². The van der Waals surface area contributed by atoms with Crippen LogP contribution >= 0.6 is 23.4 Å². The lowest BCUT2D eigenvalue weighted by atomic mass is 10.2. The number of phenolic OH excluding ortho intramolecular Hbond substituents is 1. The smallest absolute Gasteiger partial charge is 0.249 e. The molecule has 1 N–H and O–H groups in total. The molecule has 1 heterocycles. The van der Waals surface area contributed by atoms with Gasteiger partial charge in [0.1, 0.15) is 5.75 Å². The number of aromatic hydroxyl groups is 1. The maximum absolute atomic E-state index is 9.23. The summed E-state index contributed by atoms with van der Waals surface area (Å²) in [6.07, 6.45) is 0. The number of thioether (sulfide) groups is 1. The van der Waals surface area contributed by atoms with Crippen LogP contribution in [0.5, 0.6) is 5.75 Å². The van der Waals surface area contributed by atoms with E-state index in [2.05, 4.69) is 10.2 Å². The number of halogens is 1. The van der Waals surface area contributed by atoms with Crippen molar-refractivity contribution in [3.8, 4) is 17.2 Å². The third kappa shape index (κ3) is 3.37. The van der Waals surface area contributed by atoms with Crippen molar-refractivity contribution in [2.75, 3.05) is 0 Å². The van der Waals surface area contributed by atoms with Gasteiger partial charge >= 0.3 is 0 Å². The van der Waals surface area contributed by atoms with Gasteiger partial charge in [0.2, 0.25) is 11.8 Å². The number of phenols is 1. The van der Waals surface area contributed by atoms with Crippen LogP contribution in [-0.2, 0) is 5.75 Å². The van der Waals surface area contributed by atoms with Crippen LogP contribution in [-0.4, -0.2) is 15.3 Å². The Bertz CT molecular complexity index is 743. The van der Waals surface area contributed by atoms with Gasteiger partial charge < -0.3 is 9.52 Å². The van der Waals surface area contributed by atoms with E-state index in [0.29, 0.717) is 22.6 Å². The molecule has 21 heavy (non-hydrogen) atoms. The predicted molar refractivity (Wildman–Crippen MR) is 82.4 cm³/mol. The Morgan fingerprint density at radius 3 is 2.57 bits per heavy atom. The van der Waals surface area contributed by atoms with E-state index in [-0.39, 0.29) is 5.75 Å². The normalized spacial score (nSPS) is 10.7. The summed E-state index contributed by atoms with van der Waals surface area (Å²) < 4.78 is 5.62. The zero-order chi connectivity index (χ0) is 14.7. The molecular weight excluding hydrogens is 308 g/mol. The van der Waals surface area contributed by atoms with Crippen LogP contribution in [0.2, 0.25) is 5.02 Å². The van der Waals surface area contributed by atoms with Gasteiger partial charge in [-0.05, 0) is 36.4 Å². The molecule has 0 aliphatic heterocycles. The zero-order valence-electron chi connectivity index (χ0n) is 10.9. The summed E-state index contributed by atoms with van der Waals surface area (Å²) in [6, 6.07) is 14.3. The van der Waals surface area contributed by atoms with Crippen LogP contribution in [0.1, 0.15) is 5.89 Å². The average molecular weight is 319 g/mol. The number of hydrogen-bond donors (Lipinski definition) is 1. The highest BCUT2D eigenvalue weighted by molar-refractivity contribution is 7.98. The van der Waals surface area contributed by atoms with Gasteiger partial charge in [-0.25, -0.2) is 0 Å². The Morgan fingerprint density at radius 2 is 1.81 bits per heavy atom. The Morgan fingerprint density at radius 1 is 1.05 bits per heavy atom. The Hall–Kier alpha value is -1.98. The van der Waals surface area contributed by atoms with Crippen molar-refractivity contribution in [3.63, 3.8) is 0 Å². The molecule has 0 bridgehead atoms. The summed E-state index contributed by atoms with van der Waals surface area (Å²) in [5.74, 6) is 1.76. The molecular formula is C15H11ClN2O2S. The second kappa shape index (κ2) is 6.20. The van der Waals surface area contributed by atoms with Crippen molar-refractivity contribution in [3.05, 3.63) is 59.4 Å². The highest BCUT2D eigenvalue weighted by Gasteiger charge is 2.11. The first-order valence-electron chi connectivity index (χ1n) is 6.21. The molecule has 0 aliphatic carbocycles. The average Bonchev–Trinajstić information content (AvgIpc) is 2.96. The zero-order valence-corrected chi connectivity index (χ0v) is 12.4. The van der Waals surface area contributed by atoms with E-state index in [1.165, 1.54) is 0 Å². The molecule has 0 fully saturated rings. The number of nitrogens with zero attached hydrogens (tertiary/aromatic N) is 2. The molecule has 0 unspecified atom stereocenters. The van der Waals surface area contributed by atoms with Crippen molar-refractivity contribution in [1.82, 2.24) is 10.2 Å². The van der Waals surface area contributed by atoms with Crippen LogP contribution in [0, 0.1) is 0 Å². The molecule has 0 saturated heterocycles. The molecule has 0 radical (unpaired) electrons. The fourth-order valence-corrected chi connectivity index (χ4v) is 2.69. The van der Waals surface area contributed by atoms with Crippen LogP contribution in [0.3, 0.4) is 0 Å². The van der Waals surface area contributed by atoms with Gasteiger partial charge in [-0.2, -0.15) is 0 Å². The highest BCUT2D eigenvalue weighted by atomic mass is 35.5. The third-order valence-corrected chi connectivity index (χ3v) is 4.10. The maximum atomic E-state index is 9.23. The second-order valence-electron chi connectivity index (χ2n) is 4.26. The molecule has 0 spiro atoms. The van der Waals surface area contributed by atoms with Gasteiger partial charge in [-0.1, -0.05) is 23.7 Å². The van der Waals surface area contributed by atoms with Gasteiger partial charge in [-0.3, -0.25) is 0 Å². The van der Waals surface area contributed by atoms with E-state index < -0.39 is 0 Å². The lowest BCUT2D eigenvalue weighted by Gasteiger charge is -1.99. The molecule has 2 aromatic carbocycles. The minimum Gasteiger partial charge on any atom is -0.508 e. The lowest BCUT2D eigenvalue weighted by molar-refractivity contribution is 0.475. The minimum atomic E-state index is 0.248. The van der Waals surface area contributed by atoms with Gasteiger partial charge in [0.25, 0.3) is 0 Å². The molecule has 1 aromatic heterocycles. The molecule has 6 heteroatoms. The summed E-state index contributed by atoms with van der Waals surface area (Å²) in [4.78, 5) is 1.02. The number of rotatable bonds is 4. The van der Waals surface area contributed by atoms with Crippen molar-refractivity contribution < 1.29 is 9.52 Å². The van der Waals surface area contributed by atoms with Gasteiger partial charge in [0, 0.05) is 4.90 Å². The summed E-state index contributed by atoms with van der Waals surface area (Å²) in [5.41, 5.74) is 0.729. The Balaban J connectivity index is 1.71. The van der Waals surface area contributed by atoms with Crippen LogP contribution in [0.25, 0.3) is 11.5 Å². The first-order chi connectivity index (χ1) is 10.2. The molecule has 0 atom stereocenters. The molecule has 4 nitrogen and oxygen atoms in total. The monoisotopic (exact) mass is 318 g/mol. The summed E-state index contributed by atoms with van der Waals surface area (Å²) >= 11 is 7.65. The van der Waals surface area contributed by atoms with Gasteiger partial charge in [-0.15, -0.1) is 22.0 Å². The molecule has 0 amide bonds. The van der Waals surface area contributed by atoms with E-state index in [9.17, 15) is 5.11 Å². The van der Waals surface area contributed by atoms with E-state index >= 15 is 0 Å². The first-order valence-corrected chi connectivity index (χ1v) is 7.58. The van der Waals surface area contributed by atoms with Crippen molar-refractivity contribution >= 4 is 23.4 Å². The fourth-order valence-electron chi connectivity index (χ4n) is 1.74. The maximum Gasteiger partial charge on any atom is 0.249 e. The van der Waals surface area contributed by atoms with E-state index in [4.69, 9.17) is 16.0 Å². The quantitative estimate of drug-likeness (QED) is 0.723. The topological polar surface area (TPSA) is 59.2 Å². The predicted octanol–water partition coefficient (Wildman–Crippen LogP) is 4.39. The third-order valence-electron chi connectivity index (χ3n) is 2.77. The number of benzene rings is 2. The molecule has 3 aromatic rings. The van der Waals surface area contributed by atoms with Crippen molar-refractivity contribution in [2.45, 2.75) is 10.6 Å². The Kier molecular flexibility index (Phi) is 4.13. The molecule has 3 rings (SSSR count). The van der Waals surface area contributed by atoms with E-state index in [1.54, 1.807) is 30.0 Å². The molecule has 0 aliphatic rings. The molecule has 106 valence electrons. The number of aromatic nitrogens is 2. The van der Waals surface area contributed by atoms with Crippen molar-refractivity contribution in [1.29, 1.82) is 0 Å². The van der Waals surface area contributed by atoms with Gasteiger partial charge in [0.05, 0.1) is 16.3 Å². The number of hydrogen-bond acceptors (Lipinski definition) is 5. The molecule has 0 saturated carbocycles. The summed E-state index contributed by atoms with van der Waals surface area (Å²) in [7, 11) is 0. The van der Waals surface area contributed by atoms with Crippen molar-refractivity contribution in [2.24, 2.45) is 0 Å². The first kappa shape index (κ1) is 14.0. The van der Waals surface area contributed by atoms with Crippen LogP contribution < -0.4 is 0 Å². The SMILES string of the molecule is Oc1ccc(SCc2nnc(-c3ccccc3Cl)o2)cc1. The van der Waals surface area contributed by atoms with Crippen LogP contribution in [0.15, 0.2) is 57.8 Å². The summed E-state index contributed by atoms with van der Waals surface area (Å²) in [6.45, 7) is 0. The summed E-state index contributed by atoms with van der Waals surface area (Å²) in [5, 5.41) is 17.9. The van der Waals surface area contributed by atoms with Crippen LogP contribution in [0.4, 0.5) is 0 Å². The highest BCUT2D eigenvalue weighted by Crippen LogP contribution is 2.28. The second-order valence-corrected chi connectivity index (χ2v) is 5.72. The lowest BCUT2D eigenvalue weighted by Crippen LogP contribution is -1.80.